The maximum Gasteiger partial charge on any atom is 0.192 e. The Morgan fingerprint density at radius 3 is 2.52 bits per heavy atom. The fourth-order valence-corrected chi connectivity index (χ4v) is 8.63. The molecule has 4 aliphatic carbocycles. The molecule has 0 unspecified atom stereocenters. The molecule has 0 aromatic rings. The van der Waals surface area contributed by atoms with Crippen molar-refractivity contribution < 1.29 is 20.1 Å². The number of carbonyl (C=O) groups is 1. The number of hydrogen-bond acceptors (Lipinski definition) is 4. The van der Waals surface area contributed by atoms with Gasteiger partial charge in [-0.1, -0.05) is 39.3 Å². The van der Waals surface area contributed by atoms with Crippen LogP contribution in [0.3, 0.4) is 0 Å². The molecule has 3 fully saturated rings. The molecule has 4 aliphatic rings. The van der Waals surface area contributed by atoms with Crippen LogP contribution in [0.1, 0.15) is 80.1 Å². The largest absolute Gasteiger partial charge is 0.392 e. The summed E-state index contributed by atoms with van der Waals surface area (Å²) in [6.07, 6.45) is 6.63. The highest BCUT2D eigenvalue weighted by molar-refractivity contribution is 5.90. The van der Waals surface area contributed by atoms with Crippen molar-refractivity contribution in [1.82, 2.24) is 0 Å². The number of carbonyl (C=O) groups excluding carboxylic acids is 1. The van der Waals surface area contributed by atoms with Crippen LogP contribution in [0.4, 0.5) is 0 Å². The topological polar surface area (TPSA) is 77.8 Å². The van der Waals surface area contributed by atoms with E-state index in [4.69, 9.17) is 0 Å². The molecule has 0 aromatic carbocycles. The zero-order valence-electron chi connectivity index (χ0n) is 19.0. The van der Waals surface area contributed by atoms with Gasteiger partial charge in [0.15, 0.2) is 5.78 Å². The number of ketones is 1. The van der Waals surface area contributed by atoms with E-state index in [0.29, 0.717) is 30.1 Å². The van der Waals surface area contributed by atoms with Crippen LogP contribution in [0, 0.1) is 39.9 Å². The third-order valence-corrected chi connectivity index (χ3v) is 9.65. The average molecular weight is 405 g/mol. The quantitative estimate of drug-likeness (QED) is 0.622. The van der Waals surface area contributed by atoms with Crippen molar-refractivity contribution in [3.05, 3.63) is 11.6 Å². The van der Waals surface area contributed by atoms with Gasteiger partial charge in [-0.3, -0.25) is 4.79 Å². The zero-order valence-corrected chi connectivity index (χ0v) is 19.0. The van der Waals surface area contributed by atoms with E-state index in [1.54, 1.807) is 0 Å². The summed E-state index contributed by atoms with van der Waals surface area (Å²) in [5.41, 5.74) is -0.267. The summed E-state index contributed by atoms with van der Waals surface area (Å²) in [5.74, 6) is 1.16. The number of Topliss-reactive ketones (excluding diaryl/α,β-unsaturated/α-hetero) is 1. The molecule has 4 rings (SSSR count). The summed E-state index contributed by atoms with van der Waals surface area (Å²) < 4.78 is 0. The van der Waals surface area contributed by atoms with Crippen LogP contribution in [0.2, 0.25) is 0 Å². The third kappa shape index (κ3) is 2.78. The van der Waals surface area contributed by atoms with Crippen LogP contribution in [0.15, 0.2) is 11.6 Å². The van der Waals surface area contributed by atoms with Crippen LogP contribution < -0.4 is 0 Å². The Bertz CT molecular complexity index is 736. The molecule has 9 atom stereocenters. The Hall–Kier alpha value is -0.710. The lowest BCUT2D eigenvalue weighted by molar-refractivity contribution is -0.146. The van der Waals surface area contributed by atoms with Crippen molar-refractivity contribution in [2.75, 3.05) is 0 Å². The van der Waals surface area contributed by atoms with Crippen LogP contribution in [-0.4, -0.2) is 38.9 Å². The van der Waals surface area contributed by atoms with Gasteiger partial charge >= 0.3 is 0 Å². The average Bonchev–Trinajstić information content (AvgIpc) is 3.16. The summed E-state index contributed by atoms with van der Waals surface area (Å²) in [4.78, 5) is 12.5. The van der Waals surface area contributed by atoms with Crippen LogP contribution in [0.5, 0.6) is 0 Å². The molecule has 0 aliphatic heterocycles. The molecule has 0 heterocycles. The number of rotatable bonds is 4. The third-order valence-electron chi connectivity index (χ3n) is 9.65. The van der Waals surface area contributed by atoms with E-state index in [2.05, 4.69) is 33.8 Å². The van der Waals surface area contributed by atoms with E-state index in [9.17, 15) is 20.1 Å². The van der Waals surface area contributed by atoms with E-state index < -0.39 is 17.5 Å². The highest BCUT2D eigenvalue weighted by atomic mass is 16.3. The predicted molar refractivity (Wildman–Crippen MR) is 113 cm³/mol. The van der Waals surface area contributed by atoms with Gasteiger partial charge in [-0.15, -0.1) is 0 Å². The first-order valence-electron chi connectivity index (χ1n) is 11.6. The van der Waals surface area contributed by atoms with Crippen molar-refractivity contribution in [2.45, 2.75) is 97.9 Å². The molecular weight excluding hydrogens is 364 g/mol. The van der Waals surface area contributed by atoms with Crippen molar-refractivity contribution in [3.63, 3.8) is 0 Å². The van der Waals surface area contributed by atoms with Gasteiger partial charge in [0.2, 0.25) is 0 Å². The van der Waals surface area contributed by atoms with Crippen LogP contribution in [-0.2, 0) is 4.79 Å². The second kappa shape index (κ2) is 6.40. The summed E-state index contributed by atoms with van der Waals surface area (Å²) in [7, 11) is 0. The second-order valence-electron chi connectivity index (χ2n) is 12.1. The first kappa shape index (κ1) is 21.5. The second-order valence-corrected chi connectivity index (χ2v) is 12.1. The normalized spacial score (nSPS) is 50.0. The van der Waals surface area contributed by atoms with Gasteiger partial charge < -0.3 is 15.3 Å². The summed E-state index contributed by atoms with van der Waals surface area (Å²) >= 11 is 0. The molecule has 0 saturated heterocycles. The zero-order chi connectivity index (χ0) is 21.6. The molecule has 29 heavy (non-hydrogen) atoms. The molecule has 0 aromatic heterocycles. The number of aliphatic hydroxyl groups is 3. The van der Waals surface area contributed by atoms with Gasteiger partial charge in [0.25, 0.3) is 0 Å². The maximum atomic E-state index is 12.5. The highest BCUT2D eigenvalue weighted by Crippen LogP contribution is 2.74. The van der Waals surface area contributed by atoms with Crippen molar-refractivity contribution in [2.24, 2.45) is 39.9 Å². The lowest BCUT2D eigenvalue weighted by atomic mass is 9.49. The molecule has 4 nitrogen and oxygen atoms in total. The number of allylic oxidation sites excluding steroid dienone is 1. The van der Waals surface area contributed by atoms with E-state index in [1.807, 2.05) is 0 Å². The molecule has 0 radical (unpaired) electrons. The predicted octanol–water partition coefficient (Wildman–Crippen LogP) is 3.87. The highest BCUT2D eigenvalue weighted by Gasteiger charge is 2.69. The minimum absolute atomic E-state index is 0.0537. The fraction of sp³-hybridized carbons (Fsp3) is 0.880. The van der Waals surface area contributed by atoms with Gasteiger partial charge in [0.05, 0.1) is 6.10 Å². The first-order chi connectivity index (χ1) is 13.3. The lowest BCUT2D eigenvalue weighted by Gasteiger charge is -2.55. The smallest absolute Gasteiger partial charge is 0.192 e. The minimum atomic E-state index is -1.52. The Balaban J connectivity index is 1.75. The number of hydrogen-bond donors (Lipinski definition) is 3. The van der Waals surface area contributed by atoms with Crippen molar-refractivity contribution in [1.29, 1.82) is 0 Å². The summed E-state index contributed by atoms with van der Waals surface area (Å²) in [6.45, 7) is 12.1. The van der Waals surface area contributed by atoms with Gasteiger partial charge in [-0.05, 0) is 86.9 Å². The molecular formula is C25H40O4. The molecule has 4 heteroatoms. The minimum Gasteiger partial charge on any atom is -0.392 e. The van der Waals surface area contributed by atoms with E-state index in [1.165, 1.54) is 19.4 Å². The molecule has 0 bridgehead atoms. The molecule has 3 N–H and O–H groups in total. The van der Waals surface area contributed by atoms with Gasteiger partial charge in [-0.2, -0.15) is 0 Å². The van der Waals surface area contributed by atoms with Crippen LogP contribution >= 0.6 is 0 Å². The Kier molecular flexibility index (Phi) is 4.75. The fourth-order valence-electron chi connectivity index (χ4n) is 8.63. The maximum absolute atomic E-state index is 12.5. The number of aliphatic hydroxyl groups excluding tert-OH is 2. The Labute approximate surface area is 175 Å². The Morgan fingerprint density at radius 1 is 1.24 bits per heavy atom. The van der Waals surface area contributed by atoms with Crippen molar-refractivity contribution >= 4 is 5.78 Å². The summed E-state index contributed by atoms with van der Waals surface area (Å²) in [6, 6.07) is 0. The molecule has 3 saturated carbocycles. The molecule has 164 valence electrons. The van der Waals surface area contributed by atoms with E-state index >= 15 is 0 Å². The van der Waals surface area contributed by atoms with E-state index in [0.717, 1.165) is 32.1 Å². The Morgan fingerprint density at radius 2 is 1.90 bits per heavy atom. The lowest BCUT2D eigenvalue weighted by Crippen LogP contribution is -2.53. The van der Waals surface area contributed by atoms with Gasteiger partial charge in [0, 0.05) is 5.41 Å². The number of fused-ring (bicyclic) bond motifs is 2. The van der Waals surface area contributed by atoms with Crippen LogP contribution in [0.25, 0.3) is 0 Å². The SMILES string of the molecule is C[C@H]1C[C@@H](O)[C@@]23C1=C[C@@]1(C)CC[C@](C)(C[C@H](O)C(=O)C(C)(C)O)[C@H]1[C@@H]2CC[C@@H]3C. The monoisotopic (exact) mass is 404 g/mol. The van der Waals surface area contributed by atoms with Crippen molar-refractivity contribution in [3.8, 4) is 0 Å². The first-order valence-corrected chi connectivity index (χ1v) is 11.6. The van der Waals surface area contributed by atoms with Gasteiger partial charge in [-0.25, -0.2) is 0 Å². The molecule has 0 amide bonds. The molecule has 1 spiro atoms. The van der Waals surface area contributed by atoms with E-state index in [-0.39, 0.29) is 22.3 Å². The van der Waals surface area contributed by atoms with Gasteiger partial charge in [0.1, 0.15) is 11.7 Å². The summed E-state index contributed by atoms with van der Waals surface area (Å²) in [5, 5.41) is 32.2. The standard InChI is InChI=1S/C25H40O4/c1-14-11-19(27)25-15(2)7-8-16(25)20-23(5,12-17(14)25)9-10-24(20,6)13-18(26)21(28)22(3,4)29/h12,14-16,18-20,26-27,29H,7-11,13H2,1-6H3/t14-,15-,16-,18-,19+,20-,23+,24+,25+/m0/s1.